The van der Waals surface area contributed by atoms with Crippen LogP contribution in [0.1, 0.15) is 16.8 Å². The van der Waals surface area contributed by atoms with Gasteiger partial charge in [0.05, 0.1) is 12.1 Å². The molecule has 5 aromatic rings. The van der Waals surface area contributed by atoms with Gasteiger partial charge < -0.3 is 9.72 Å². The zero-order valence-electron chi connectivity index (χ0n) is 19.6. The summed E-state index contributed by atoms with van der Waals surface area (Å²) < 4.78 is 33.8. The van der Waals surface area contributed by atoms with Crippen LogP contribution in [0.15, 0.2) is 84.0 Å². The lowest BCUT2D eigenvalue weighted by molar-refractivity contribution is 0.415. The number of benzene rings is 3. The monoisotopic (exact) mass is 518 g/mol. The average Bonchev–Trinajstić information content (AvgIpc) is 3.19. The van der Waals surface area contributed by atoms with Gasteiger partial charge in [-0.25, -0.2) is 13.4 Å². The molecular formula is C27H23ClN4O3S. The van der Waals surface area contributed by atoms with Gasteiger partial charge in [-0.15, -0.1) is 0 Å². The predicted octanol–water partition coefficient (Wildman–Crippen LogP) is 5.99. The summed E-state index contributed by atoms with van der Waals surface area (Å²) in [5.74, 6) is 0.942. The molecule has 2 heterocycles. The minimum absolute atomic E-state index is 0.0238. The van der Waals surface area contributed by atoms with Crippen LogP contribution in [-0.4, -0.2) is 30.5 Å². The van der Waals surface area contributed by atoms with E-state index >= 15 is 0 Å². The van der Waals surface area contributed by atoms with Crippen molar-refractivity contribution in [3.8, 4) is 17.0 Å². The highest BCUT2D eigenvalue weighted by Crippen LogP contribution is 2.31. The number of hydrogen-bond donors (Lipinski definition) is 2. The molecule has 0 aliphatic rings. The highest BCUT2D eigenvalue weighted by molar-refractivity contribution is 7.92. The van der Waals surface area contributed by atoms with E-state index in [1.165, 1.54) is 30.1 Å². The molecule has 2 N–H and O–H groups in total. The topological polar surface area (TPSA) is 97.0 Å². The molecule has 0 radical (unpaired) electrons. The minimum atomic E-state index is -3.95. The van der Waals surface area contributed by atoms with Gasteiger partial charge in [0.25, 0.3) is 10.0 Å². The molecule has 0 bridgehead atoms. The van der Waals surface area contributed by atoms with E-state index in [1.54, 1.807) is 19.2 Å². The van der Waals surface area contributed by atoms with Crippen molar-refractivity contribution in [3.63, 3.8) is 0 Å². The first-order valence-corrected chi connectivity index (χ1v) is 13.0. The highest BCUT2D eigenvalue weighted by atomic mass is 35.5. The molecule has 9 heteroatoms. The van der Waals surface area contributed by atoms with Gasteiger partial charge in [0, 0.05) is 34.6 Å². The van der Waals surface area contributed by atoms with E-state index in [4.69, 9.17) is 16.3 Å². The Morgan fingerprint density at radius 3 is 2.50 bits per heavy atom. The predicted molar refractivity (Wildman–Crippen MR) is 142 cm³/mol. The Balaban J connectivity index is 1.43. The number of aryl methyl sites for hydroxylation is 1. The molecule has 3 aromatic carbocycles. The fourth-order valence-electron chi connectivity index (χ4n) is 4.17. The summed E-state index contributed by atoms with van der Waals surface area (Å²) >= 11 is 6.11. The first-order chi connectivity index (χ1) is 17.4. The van der Waals surface area contributed by atoms with Crippen LogP contribution in [0, 0.1) is 6.92 Å². The Hall–Kier alpha value is -3.88. The van der Waals surface area contributed by atoms with Crippen molar-refractivity contribution in [2.45, 2.75) is 18.2 Å². The maximum absolute atomic E-state index is 12.9. The molecule has 7 nitrogen and oxygen atoms in total. The van der Waals surface area contributed by atoms with Crippen LogP contribution in [0.25, 0.3) is 22.2 Å². The zero-order chi connectivity index (χ0) is 25.3. The van der Waals surface area contributed by atoms with E-state index in [1.807, 2.05) is 42.5 Å². The Labute approximate surface area is 214 Å². The lowest BCUT2D eigenvalue weighted by Crippen LogP contribution is -2.15. The Bertz CT molecular complexity index is 1660. The van der Waals surface area contributed by atoms with Crippen molar-refractivity contribution >= 4 is 38.3 Å². The average molecular weight is 519 g/mol. The number of ether oxygens (including phenoxy) is 1. The fraction of sp³-hybridized carbons (Fsp3) is 0.111. The number of nitrogens with one attached hydrogen (secondary N) is 2. The van der Waals surface area contributed by atoms with Crippen LogP contribution in [0.3, 0.4) is 0 Å². The van der Waals surface area contributed by atoms with E-state index in [-0.39, 0.29) is 15.7 Å². The summed E-state index contributed by atoms with van der Waals surface area (Å²) in [6, 6.07) is 20.1. The molecule has 0 fully saturated rings. The first kappa shape index (κ1) is 23.8. The van der Waals surface area contributed by atoms with Crippen LogP contribution in [0.2, 0.25) is 5.02 Å². The molecule has 182 valence electrons. The normalized spacial score (nSPS) is 11.5. The van der Waals surface area contributed by atoms with Crippen LogP contribution in [-0.2, 0) is 16.4 Å². The number of sulfonamides is 1. The molecule has 36 heavy (non-hydrogen) atoms. The third-order valence-corrected chi connectivity index (χ3v) is 7.83. The molecule has 0 aliphatic carbocycles. The SMILES string of the molecule is COc1ccc2[nH]c(C)c(Cc3ccc(-c4nccnc4NS(=O)(=O)c4ccccc4Cl)cc3)c2c1. The Morgan fingerprint density at radius 1 is 1.00 bits per heavy atom. The number of anilines is 1. The molecule has 0 saturated heterocycles. The quantitative estimate of drug-likeness (QED) is 0.276. The molecule has 5 rings (SSSR count). The van der Waals surface area contributed by atoms with Crippen molar-refractivity contribution in [3.05, 3.63) is 101 Å². The maximum Gasteiger partial charge on any atom is 0.264 e. The third kappa shape index (κ3) is 4.65. The number of methoxy groups -OCH3 is 1. The van der Waals surface area contributed by atoms with Crippen LogP contribution in [0.4, 0.5) is 5.82 Å². The number of aromatic amines is 1. The number of nitrogens with zero attached hydrogens (tertiary/aromatic N) is 2. The van der Waals surface area contributed by atoms with Crippen molar-refractivity contribution in [1.29, 1.82) is 0 Å². The summed E-state index contributed by atoms with van der Waals surface area (Å²) in [5, 5.41) is 1.26. The zero-order valence-corrected chi connectivity index (χ0v) is 21.2. The molecule has 0 unspecified atom stereocenters. The van der Waals surface area contributed by atoms with Gasteiger partial charge in [-0.05, 0) is 54.8 Å². The van der Waals surface area contributed by atoms with Crippen LogP contribution >= 0.6 is 11.6 Å². The van der Waals surface area contributed by atoms with Crippen LogP contribution < -0.4 is 9.46 Å². The van der Waals surface area contributed by atoms with E-state index in [9.17, 15) is 8.42 Å². The van der Waals surface area contributed by atoms with Gasteiger partial charge in [-0.2, -0.15) is 0 Å². The lowest BCUT2D eigenvalue weighted by Gasteiger charge is -2.12. The molecule has 0 spiro atoms. The van der Waals surface area contributed by atoms with E-state index in [0.717, 1.165) is 39.9 Å². The standard InChI is InChI=1S/C27H23ClN4O3S/c1-17-21(22-16-20(35-2)11-12-24(22)31-17)15-18-7-9-19(10-8-18)26-27(30-14-13-29-26)32-36(33,34)25-6-4-3-5-23(25)28/h3-14,16,31H,15H2,1-2H3,(H,30,32). The number of fused-ring (bicyclic) bond motifs is 1. The summed E-state index contributed by atoms with van der Waals surface area (Å²) in [7, 11) is -2.29. The summed E-state index contributed by atoms with van der Waals surface area (Å²) in [5.41, 5.74) is 5.63. The lowest BCUT2D eigenvalue weighted by atomic mass is 10.00. The first-order valence-electron chi connectivity index (χ1n) is 11.2. The second-order valence-corrected chi connectivity index (χ2v) is 10.4. The molecule has 0 atom stereocenters. The molecule has 2 aromatic heterocycles. The van der Waals surface area contributed by atoms with Crippen molar-refractivity contribution < 1.29 is 13.2 Å². The van der Waals surface area contributed by atoms with Crippen LogP contribution in [0.5, 0.6) is 5.75 Å². The van der Waals surface area contributed by atoms with Gasteiger partial charge in [-0.3, -0.25) is 9.71 Å². The second kappa shape index (κ2) is 9.64. The highest BCUT2D eigenvalue weighted by Gasteiger charge is 2.21. The largest absolute Gasteiger partial charge is 0.497 e. The summed E-state index contributed by atoms with van der Waals surface area (Å²) in [6.07, 6.45) is 3.70. The molecule has 0 aliphatic heterocycles. The third-order valence-electron chi connectivity index (χ3n) is 5.99. The number of halogens is 1. The van der Waals surface area contributed by atoms with Crippen molar-refractivity contribution in [1.82, 2.24) is 15.0 Å². The summed E-state index contributed by atoms with van der Waals surface area (Å²) in [6.45, 7) is 2.06. The Morgan fingerprint density at radius 2 is 1.75 bits per heavy atom. The number of aromatic nitrogens is 3. The minimum Gasteiger partial charge on any atom is -0.497 e. The Kier molecular flexibility index (Phi) is 6.38. The van der Waals surface area contributed by atoms with E-state index in [2.05, 4.69) is 26.6 Å². The van der Waals surface area contributed by atoms with E-state index in [0.29, 0.717) is 5.69 Å². The van der Waals surface area contributed by atoms with E-state index < -0.39 is 10.0 Å². The number of H-pyrrole nitrogens is 1. The summed E-state index contributed by atoms with van der Waals surface area (Å²) in [4.78, 5) is 12.0. The van der Waals surface area contributed by atoms with Gasteiger partial charge >= 0.3 is 0 Å². The fourth-order valence-corrected chi connectivity index (χ4v) is 5.71. The van der Waals surface area contributed by atoms with Gasteiger partial charge in [0.2, 0.25) is 0 Å². The number of rotatable bonds is 7. The smallest absolute Gasteiger partial charge is 0.264 e. The molecule has 0 amide bonds. The number of hydrogen-bond acceptors (Lipinski definition) is 5. The van der Waals surface area contributed by atoms with Crippen molar-refractivity contribution in [2.24, 2.45) is 0 Å². The molecular weight excluding hydrogens is 496 g/mol. The van der Waals surface area contributed by atoms with Gasteiger partial charge in [0.15, 0.2) is 5.82 Å². The van der Waals surface area contributed by atoms with Gasteiger partial charge in [0.1, 0.15) is 16.3 Å². The van der Waals surface area contributed by atoms with Gasteiger partial charge in [-0.1, -0.05) is 48.0 Å². The van der Waals surface area contributed by atoms with Crippen molar-refractivity contribution in [2.75, 3.05) is 11.8 Å². The molecule has 0 saturated carbocycles. The maximum atomic E-state index is 12.9. The second-order valence-electron chi connectivity index (χ2n) is 8.30.